The summed E-state index contributed by atoms with van der Waals surface area (Å²) in [5, 5.41) is 3.54. The fraction of sp³-hybridized carbons (Fsp3) is 1.00. The summed E-state index contributed by atoms with van der Waals surface area (Å²) >= 11 is 0. The van der Waals surface area contributed by atoms with Crippen molar-refractivity contribution in [1.82, 2.24) is 10.2 Å². The molecule has 1 heterocycles. The van der Waals surface area contributed by atoms with Gasteiger partial charge >= 0.3 is 0 Å². The third kappa shape index (κ3) is 4.52. The Balaban J connectivity index is 2.39. The molecular formula is C13H28N2. The zero-order valence-corrected chi connectivity index (χ0v) is 10.8. The summed E-state index contributed by atoms with van der Waals surface area (Å²) in [6.07, 6.45) is 5.31. The maximum absolute atomic E-state index is 3.54. The molecule has 0 bridgehead atoms. The summed E-state index contributed by atoms with van der Waals surface area (Å²) in [7, 11) is 0. The van der Waals surface area contributed by atoms with Crippen LogP contribution in [0.25, 0.3) is 0 Å². The predicted molar refractivity (Wildman–Crippen MR) is 67.2 cm³/mol. The van der Waals surface area contributed by atoms with Gasteiger partial charge in [0.15, 0.2) is 0 Å². The van der Waals surface area contributed by atoms with Gasteiger partial charge in [-0.3, -0.25) is 0 Å². The lowest BCUT2D eigenvalue weighted by Gasteiger charge is -2.38. The minimum Gasteiger partial charge on any atom is -0.316 e. The van der Waals surface area contributed by atoms with Crippen LogP contribution in [-0.2, 0) is 0 Å². The molecule has 0 radical (unpaired) electrons. The largest absolute Gasteiger partial charge is 0.316 e. The van der Waals surface area contributed by atoms with Crippen LogP contribution < -0.4 is 5.32 Å². The molecule has 1 aliphatic heterocycles. The number of nitrogens with zero attached hydrogens (tertiary/aromatic N) is 1. The lowest BCUT2D eigenvalue weighted by Crippen LogP contribution is -2.46. The van der Waals surface area contributed by atoms with Gasteiger partial charge in [0.1, 0.15) is 0 Å². The Labute approximate surface area is 95.4 Å². The standard InChI is InChI=1S/C13H28N2/c1-4-9-15(10-5-2)12-13(3)7-6-8-14-11-13/h14H,4-12H2,1-3H3. The van der Waals surface area contributed by atoms with E-state index in [0.717, 1.165) is 0 Å². The van der Waals surface area contributed by atoms with Gasteiger partial charge in [0.25, 0.3) is 0 Å². The Morgan fingerprint density at radius 1 is 1.20 bits per heavy atom. The molecule has 1 aliphatic rings. The third-order valence-corrected chi connectivity index (χ3v) is 3.37. The van der Waals surface area contributed by atoms with Crippen molar-refractivity contribution in [2.75, 3.05) is 32.7 Å². The molecule has 1 fully saturated rings. The van der Waals surface area contributed by atoms with Crippen molar-refractivity contribution in [2.24, 2.45) is 5.41 Å². The van der Waals surface area contributed by atoms with E-state index in [4.69, 9.17) is 0 Å². The molecule has 1 rings (SSSR count). The topological polar surface area (TPSA) is 15.3 Å². The molecule has 0 amide bonds. The Kier molecular flexibility index (Phi) is 5.62. The summed E-state index contributed by atoms with van der Waals surface area (Å²) in [6, 6.07) is 0. The summed E-state index contributed by atoms with van der Waals surface area (Å²) in [4.78, 5) is 2.65. The first-order valence-electron chi connectivity index (χ1n) is 6.63. The monoisotopic (exact) mass is 212 g/mol. The molecule has 0 aromatic rings. The Hall–Kier alpha value is -0.0800. The van der Waals surface area contributed by atoms with Crippen LogP contribution in [0.15, 0.2) is 0 Å². The van der Waals surface area contributed by atoms with Crippen LogP contribution in [0.4, 0.5) is 0 Å². The highest BCUT2D eigenvalue weighted by atomic mass is 15.1. The average molecular weight is 212 g/mol. The molecule has 90 valence electrons. The molecule has 0 aromatic heterocycles. The first-order chi connectivity index (χ1) is 7.20. The van der Waals surface area contributed by atoms with Crippen molar-refractivity contribution in [3.63, 3.8) is 0 Å². The lowest BCUT2D eigenvalue weighted by atomic mass is 9.82. The minimum atomic E-state index is 0.516. The fourth-order valence-corrected chi connectivity index (χ4v) is 2.70. The number of nitrogens with one attached hydrogen (secondary N) is 1. The Morgan fingerprint density at radius 3 is 2.33 bits per heavy atom. The van der Waals surface area contributed by atoms with Crippen molar-refractivity contribution in [3.8, 4) is 0 Å². The van der Waals surface area contributed by atoms with E-state index in [0.29, 0.717) is 5.41 Å². The van der Waals surface area contributed by atoms with E-state index in [1.807, 2.05) is 0 Å². The highest BCUT2D eigenvalue weighted by molar-refractivity contribution is 4.84. The van der Waals surface area contributed by atoms with Crippen molar-refractivity contribution in [3.05, 3.63) is 0 Å². The van der Waals surface area contributed by atoms with Gasteiger partial charge in [0.2, 0.25) is 0 Å². The molecule has 0 saturated carbocycles. The van der Waals surface area contributed by atoms with Gasteiger partial charge in [0, 0.05) is 13.1 Å². The van der Waals surface area contributed by atoms with Gasteiger partial charge in [-0.25, -0.2) is 0 Å². The highest BCUT2D eigenvalue weighted by Crippen LogP contribution is 2.26. The van der Waals surface area contributed by atoms with Gasteiger partial charge in [-0.2, -0.15) is 0 Å². The number of hydrogen-bond acceptors (Lipinski definition) is 2. The summed E-state index contributed by atoms with van der Waals surface area (Å²) in [6.45, 7) is 13.2. The van der Waals surface area contributed by atoms with Crippen LogP contribution in [0.1, 0.15) is 46.5 Å². The van der Waals surface area contributed by atoms with Gasteiger partial charge in [-0.05, 0) is 50.7 Å². The Bertz CT molecular complexity index is 156. The second kappa shape index (κ2) is 6.49. The number of piperidine rings is 1. The van der Waals surface area contributed by atoms with Crippen LogP contribution in [0, 0.1) is 5.41 Å². The maximum atomic E-state index is 3.54. The molecule has 15 heavy (non-hydrogen) atoms. The number of rotatable bonds is 6. The second-order valence-electron chi connectivity index (χ2n) is 5.37. The van der Waals surface area contributed by atoms with Crippen molar-refractivity contribution in [2.45, 2.75) is 46.5 Å². The SMILES string of the molecule is CCCN(CCC)CC1(C)CCCNC1. The fourth-order valence-electron chi connectivity index (χ4n) is 2.70. The third-order valence-electron chi connectivity index (χ3n) is 3.37. The van der Waals surface area contributed by atoms with Crippen LogP contribution >= 0.6 is 0 Å². The van der Waals surface area contributed by atoms with E-state index >= 15 is 0 Å². The molecule has 1 saturated heterocycles. The summed E-state index contributed by atoms with van der Waals surface area (Å²) < 4.78 is 0. The molecule has 0 spiro atoms. The van der Waals surface area contributed by atoms with Crippen LogP contribution in [0.2, 0.25) is 0 Å². The van der Waals surface area contributed by atoms with E-state index in [9.17, 15) is 0 Å². The molecule has 0 aromatic carbocycles. The lowest BCUT2D eigenvalue weighted by molar-refractivity contribution is 0.133. The van der Waals surface area contributed by atoms with Crippen molar-refractivity contribution in [1.29, 1.82) is 0 Å². The van der Waals surface area contributed by atoms with Crippen molar-refractivity contribution < 1.29 is 0 Å². The smallest absolute Gasteiger partial charge is 0.00475 e. The molecule has 1 unspecified atom stereocenters. The molecule has 2 heteroatoms. The van der Waals surface area contributed by atoms with Crippen LogP contribution in [0.5, 0.6) is 0 Å². The normalized spacial score (nSPS) is 27.2. The molecule has 1 N–H and O–H groups in total. The van der Waals surface area contributed by atoms with Gasteiger partial charge in [0.05, 0.1) is 0 Å². The first-order valence-corrected chi connectivity index (χ1v) is 6.63. The van der Waals surface area contributed by atoms with Gasteiger partial charge in [-0.1, -0.05) is 20.8 Å². The van der Waals surface area contributed by atoms with E-state index in [1.165, 1.54) is 58.4 Å². The predicted octanol–water partition coefficient (Wildman–Crippen LogP) is 2.50. The summed E-state index contributed by atoms with van der Waals surface area (Å²) in [5.41, 5.74) is 0.516. The van der Waals surface area contributed by atoms with Crippen LogP contribution in [0.3, 0.4) is 0 Å². The number of hydrogen-bond donors (Lipinski definition) is 1. The molecule has 2 nitrogen and oxygen atoms in total. The van der Waals surface area contributed by atoms with Gasteiger partial charge < -0.3 is 10.2 Å². The zero-order chi connectivity index (χ0) is 11.1. The quantitative estimate of drug-likeness (QED) is 0.728. The summed E-state index contributed by atoms with van der Waals surface area (Å²) in [5.74, 6) is 0. The zero-order valence-electron chi connectivity index (χ0n) is 10.8. The molecule has 1 atom stereocenters. The maximum Gasteiger partial charge on any atom is 0.00475 e. The average Bonchev–Trinajstić information content (AvgIpc) is 2.19. The first kappa shape index (κ1) is 13.0. The molecule has 0 aliphatic carbocycles. The van der Waals surface area contributed by atoms with Crippen LogP contribution in [-0.4, -0.2) is 37.6 Å². The second-order valence-corrected chi connectivity index (χ2v) is 5.37. The highest BCUT2D eigenvalue weighted by Gasteiger charge is 2.28. The van der Waals surface area contributed by atoms with E-state index < -0.39 is 0 Å². The Morgan fingerprint density at radius 2 is 1.87 bits per heavy atom. The van der Waals surface area contributed by atoms with E-state index in [2.05, 4.69) is 31.0 Å². The van der Waals surface area contributed by atoms with Crippen molar-refractivity contribution >= 4 is 0 Å². The molecular weight excluding hydrogens is 184 g/mol. The van der Waals surface area contributed by atoms with E-state index in [-0.39, 0.29) is 0 Å². The minimum absolute atomic E-state index is 0.516. The van der Waals surface area contributed by atoms with Gasteiger partial charge in [-0.15, -0.1) is 0 Å². The van der Waals surface area contributed by atoms with E-state index in [1.54, 1.807) is 0 Å².